The second kappa shape index (κ2) is 9.54. The standard InChI is InChI=1S/C29H37ClN2O2/c1-20(2)34-24-9-7-22(8-10-24)26-19-29(26)13-17-31(18-14-29)23-11-15-32(16-12-23)28(33)25-5-4-6-27(30)21(25)3/h4-10,20,23,26H,11-19H2,1-3H3. The minimum Gasteiger partial charge on any atom is -0.491 e. The summed E-state index contributed by atoms with van der Waals surface area (Å²) >= 11 is 6.24. The van der Waals surface area contributed by atoms with Crippen molar-refractivity contribution in [2.24, 2.45) is 5.41 Å². The molecule has 2 aromatic carbocycles. The van der Waals surface area contributed by atoms with E-state index < -0.39 is 0 Å². The monoisotopic (exact) mass is 480 g/mol. The Morgan fingerprint density at radius 3 is 2.35 bits per heavy atom. The van der Waals surface area contributed by atoms with Gasteiger partial charge in [-0.25, -0.2) is 0 Å². The molecule has 1 amide bonds. The molecule has 4 nitrogen and oxygen atoms in total. The number of likely N-dealkylation sites (tertiary alicyclic amines) is 2. The fraction of sp³-hybridized carbons (Fsp3) is 0.552. The quantitative estimate of drug-likeness (QED) is 0.502. The average Bonchev–Trinajstić information content (AvgIpc) is 3.54. The van der Waals surface area contributed by atoms with Crippen molar-refractivity contribution in [2.45, 2.75) is 70.9 Å². The molecule has 3 fully saturated rings. The highest BCUT2D eigenvalue weighted by molar-refractivity contribution is 6.31. The Kier molecular flexibility index (Phi) is 6.65. The molecule has 5 rings (SSSR count). The highest BCUT2D eigenvalue weighted by Gasteiger charge is 2.55. The third kappa shape index (κ3) is 4.72. The number of carbonyl (C=O) groups is 1. The number of carbonyl (C=O) groups excluding carboxylic acids is 1. The number of piperidine rings is 2. The van der Waals surface area contributed by atoms with Crippen LogP contribution in [0.25, 0.3) is 0 Å². The maximum absolute atomic E-state index is 13.0. The summed E-state index contributed by atoms with van der Waals surface area (Å²) < 4.78 is 5.81. The van der Waals surface area contributed by atoms with E-state index in [0.29, 0.717) is 22.4 Å². The summed E-state index contributed by atoms with van der Waals surface area (Å²) in [6.45, 7) is 10.1. The number of hydrogen-bond acceptors (Lipinski definition) is 3. The largest absolute Gasteiger partial charge is 0.491 e. The molecule has 3 aliphatic rings. The van der Waals surface area contributed by atoms with Crippen LogP contribution in [0.2, 0.25) is 5.02 Å². The smallest absolute Gasteiger partial charge is 0.254 e. The molecular formula is C29H37ClN2O2. The Morgan fingerprint density at radius 2 is 1.71 bits per heavy atom. The number of benzene rings is 2. The fourth-order valence-corrected chi connectivity index (χ4v) is 6.38. The lowest BCUT2D eigenvalue weighted by atomic mass is 9.87. The van der Waals surface area contributed by atoms with Crippen molar-refractivity contribution in [3.8, 4) is 5.75 Å². The summed E-state index contributed by atoms with van der Waals surface area (Å²) in [5.41, 5.74) is 3.62. The van der Waals surface area contributed by atoms with E-state index in [0.717, 1.165) is 42.8 Å². The predicted octanol–water partition coefficient (Wildman–Crippen LogP) is 6.31. The molecule has 0 bridgehead atoms. The van der Waals surface area contributed by atoms with E-state index in [1.165, 1.54) is 37.9 Å². The normalized spacial score (nSPS) is 22.9. The lowest BCUT2D eigenvalue weighted by molar-refractivity contribution is 0.0531. The highest BCUT2D eigenvalue weighted by atomic mass is 35.5. The molecule has 182 valence electrons. The fourth-order valence-electron chi connectivity index (χ4n) is 6.20. The zero-order chi connectivity index (χ0) is 23.9. The van der Waals surface area contributed by atoms with Crippen LogP contribution in [0.4, 0.5) is 0 Å². The topological polar surface area (TPSA) is 32.8 Å². The number of hydrogen-bond donors (Lipinski definition) is 0. The van der Waals surface area contributed by atoms with Crippen LogP contribution >= 0.6 is 11.6 Å². The van der Waals surface area contributed by atoms with E-state index in [4.69, 9.17) is 16.3 Å². The van der Waals surface area contributed by atoms with Crippen molar-refractivity contribution in [2.75, 3.05) is 26.2 Å². The highest BCUT2D eigenvalue weighted by Crippen LogP contribution is 2.65. The van der Waals surface area contributed by atoms with Crippen LogP contribution in [-0.4, -0.2) is 54.0 Å². The number of rotatable bonds is 5. The molecule has 1 aliphatic carbocycles. The predicted molar refractivity (Wildman–Crippen MR) is 138 cm³/mol. The SMILES string of the molecule is Cc1c(Cl)cccc1C(=O)N1CCC(N2CCC3(CC2)CC3c2ccc(OC(C)C)cc2)CC1. The second-order valence-corrected chi connectivity index (χ2v) is 11.2. The number of nitrogens with zero attached hydrogens (tertiary/aromatic N) is 2. The zero-order valence-electron chi connectivity index (χ0n) is 20.7. The number of ether oxygens (including phenoxy) is 1. The van der Waals surface area contributed by atoms with Gasteiger partial charge in [0.05, 0.1) is 6.10 Å². The third-order valence-corrected chi connectivity index (χ3v) is 8.81. The van der Waals surface area contributed by atoms with Gasteiger partial charge in [0.15, 0.2) is 0 Å². The van der Waals surface area contributed by atoms with Crippen molar-refractivity contribution >= 4 is 17.5 Å². The van der Waals surface area contributed by atoms with Crippen LogP contribution in [-0.2, 0) is 0 Å². The van der Waals surface area contributed by atoms with E-state index in [2.05, 4.69) is 43.0 Å². The van der Waals surface area contributed by atoms with Gasteiger partial charge in [-0.3, -0.25) is 4.79 Å². The molecule has 0 aromatic heterocycles. The maximum atomic E-state index is 13.0. The van der Waals surface area contributed by atoms with Gasteiger partial charge in [0.1, 0.15) is 5.75 Å². The minimum absolute atomic E-state index is 0.127. The molecule has 0 radical (unpaired) electrons. The van der Waals surface area contributed by atoms with E-state index in [1.807, 2.05) is 30.0 Å². The molecule has 1 atom stereocenters. The van der Waals surface area contributed by atoms with Gasteiger partial charge in [-0.15, -0.1) is 0 Å². The third-order valence-electron chi connectivity index (χ3n) is 8.40. The average molecular weight is 481 g/mol. The first-order chi connectivity index (χ1) is 16.4. The summed E-state index contributed by atoms with van der Waals surface area (Å²) in [6.07, 6.45) is 6.27. The molecule has 2 aliphatic heterocycles. The first-order valence-electron chi connectivity index (χ1n) is 12.9. The molecule has 1 saturated carbocycles. The number of amides is 1. The second-order valence-electron chi connectivity index (χ2n) is 10.8. The van der Waals surface area contributed by atoms with Gasteiger partial charge in [-0.1, -0.05) is 29.8 Å². The summed E-state index contributed by atoms with van der Waals surface area (Å²) in [7, 11) is 0. The van der Waals surface area contributed by atoms with E-state index in [9.17, 15) is 4.79 Å². The number of halogens is 1. The van der Waals surface area contributed by atoms with Crippen LogP contribution < -0.4 is 4.74 Å². The van der Waals surface area contributed by atoms with Crippen molar-refractivity contribution in [1.29, 1.82) is 0 Å². The summed E-state index contributed by atoms with van der Waals surface area (Å²) in [6, 6.07) is 15.0. The Labute approximate surface area is 209 Å². The zero-order valence-corrected chi connectivity index (χ0v) is 21.5. The van der Waals surface area contributed by atoms with Gasteiger partial charge < -0.3 is 14.5 Å². The molecule has 34 heavy (non-hydrogen) atoms. The van der Waals surface area contributed by atoms with E-state index in [1.54, 1.807) is 0 Å². The maximum Gasteiger partial charge on any atom is 0.254 e. The van der Waals surface area contributed by atoms with Crippen LogP contribution in [0.1, 0.15) is 73.4 Å². The Balaban J connectivity index is 1.11. The van der Waals surface area contributed by atoms with Gasteiger partial charge in [0.25, 0.3) is 5.91 Å². The molecule has 0 N–H and O–H groups in total. The molecule has 1 spiro atoms. The molecular weight excluding hydrogens is 444 g/mol. The summed E-state index contributed by atoms with van der Waals surface area (Å²) in [4.78, 5) is 17.8. The van der Waals surface area contributed by atoms with E-state index >= 15 is 0 Å². The summed E-state index contributed by atoms with van der Waals surface area (Å²) in [5.74, 6) is 1.81. The Morgan fingerprint density at radius 1 is 1.03 bits per heavy atom. The Bertz CT molecular complexity index is 1020. The molecule has 5 heteroatoms. The first kappa shape index (κ1) is 23.7. The van der Waals surface area contributed by atoms with Gasteiger partial charge in [-0.2, -0.15) is 0 Å². The summed E-state index contributed by atoms with van der Waals surface area (Å²) in [5, 5.41) is 0.668. The first-order valence-corrected chi connectivity index (χ1v) is 13.3. The van der Waals surface area contributed by atoms with Crippen LogP contribution in [0, 0.1) is 12.3 Å². The molecule has 2 heterocycles. The van der Waals surface area contributed by atoms with Gasteiger partial charge in [-0.05, 0) is 113 Å². The minimum atomic E-state index is 0.127. The van der Waals surface area contributed by atoms with Crippen molar-refractivity contribution in [3.05, 3.63) is 64.2 Å². The molecule has 2 saturated heterocycles. The van der Waals surface area contributed by atoms with Crippen LogP contribution in [0.3, 0.4) is 0 Å². The molecule has 1 unspecified atom stereocenters. The van der Waals surface area contributed by atoms with Crippen molar-refractivity contribution < 1.29 is 9.53 Å². The van der Waals surface area contributed by atoms with E-state index in [-0.39, 0.29) is 12.0 Å². The van der Waals surface area contributed by atoms with Crippen LogP contribution in [0.5, 0.6) is 5.75 Å². The lowest BCUT2D eigenvalue weighted by Crippen LogP contribution is -2.49. The van der Waals surface area contributed by atoms with Crippen LogP contribution in [0.15, 0.2) is 42.5 Å². The van der Waals surface area contributed by atoms with Gasteiger partial charge >= 0.3 is 0 Å². The van der Waals surface area contributed by atoms with Gasteiger partial charge in [0.2, 0.25) is 0 Å². The molecule has 2 aromatic rings. The van der Waals surface area contributed by atoms with Crippen molar-refractivity contribution in [3.63, 3.8) is 0 Å². The lowest BCUT2D eigenvalue weighted by Gasteiger charge is -2.42. The van der Waals surface area contributed by atoms with Crippen molar-refractivity contribution in [1.82, 2.24) is 9.80 Å². The Hall–Kier alpha value is -2.04. The van der Waals surface area contributed by atoms with Gasteiger partial charge in [0, 0.05) is 29.7 Å².